The molecule has 2 aliphatic heterocycles. The molecule has 0 unspecified atom stereocenters. The van der Waals surface area contributed by atoms with Crippen molar-refractivity contribution in [1.29, 1.82) is 21.0 Å². The van der Waals surface area contributed by atoms with Crippen molar-refractivity contribution < 1.29 is 0 Å². The summed E-state index contributed by atoms with van der Waals surface area (Å²) >= 11 is 7.07. The lowest BCUT2D eigenvalue weighted by Gasteiger charge is -2.39. The van der Waals surface area contributed by atoms with Gasteiger partial charge in [0.05, 0.1) is 0 Å². The van der Waals surface area contributed by atoms with E-state index in [1.165, 1.54) is 51.4 Å². The Kier molecular flexibility index (Phi) is 13.7. The van der Waals surface area contributed by atoms with E-state index in [1.807, 2.05) is 36.4 Å². The van der Waals surface area contributed by atoms with Crippen LogP contribution in [-0.2, 0) is 0 Å². The van der Waals surface area contributed by atoms with Crippen LogP contribution in [0.4, 0.5) is 22.7 Å². The Hall–Kier alpha value is -4.34. The van der Waals surface area contributed by atoms with Crippen LogP contribution in [0, 0.1) is 45.3 Å². The molecule has 0 aromatic heterocycles. The highest BCUT2D eigenvalue weighted by atomic mass is 79.9. The molecule has 6 nitrogen and oxygen atoms in total. The van der Waals surface area contributed by atoms with Crippen LogP contribution in [0.25, 0.3) is 11.1 Å². The van der Waals surface area contributed by atoms with E-state index in [9.17, 15) is 21.0 Å². The zero-order valence-electron chi connectivity index (χ0n) is 28.5. The fraction of sp³-hybridized carbons (Fsp3) is 0.381. The van der Waals surface area contributed by atoms with Crippen molar-refractivity contribution >= 4 is 65.8 Å². The molecular formula is C42H42Br2N6. The summed E-state index contributed by atoms with van der Waals surface area (Å²) in [5, 5.41) is 43.0. The van der Waals surface area contributed by atoms with Gasteiger partial charge in [-0.25, -0.2) is 0 Å². The molecule has 0 fully saturated rings. The number of nitrogens with zero attached hydrogens (tertiary/aromatic N) is 6. The smallest absolute Gasteiger partial charge is 0.138 e. The number of hydrogen-bond acceptors (Lipinski definition) is 6. The largest absolute Gasteiger partial charge is 0.340 e. The maximum atomic E-state index is 10.2. The van der Waals surface area contributed by atoms with Crippen LogP contribution in [0.2, 0.25) is 0 Å². The standard InChI is InChI=1S/C42H42Br2N6/c43-21-13-5-1-3-7-15-23-49-37-19-11-9-17-33(37)41(31(27-45)28-46)35-26-40-36(25-39(35)49)42(32(29-47)30-48)34-18-10-12-20-38(34)50(40)24-16-8-4-2-6-14-22-44/h9-12,17-20,25-26H,1-8,13-16,21-24H2. The van der Waals surface area contributed by atoms with Gasteiger partial charge in [-0.2, -0.15) is 21.0 Å². The zero-order chi connectivity index (χ0) is 35.3. The first-order valence-corrected chi connectivity index (χ1v) is 20.0. The zero-order valence-corrected chi connectivity index (χ0v) is 31.7. The van der Waals surface area contributed by atoms with Crippen molar-refractivity contribution in [3.63, 3.8) is 0 Å². The number of unbranched alkanes of at least 4 members (excludes halogenated alkanes) is 10. The summed E-state index contributed by atoms with van der Waals surface area (Å²) < 4.78 is 0. The Labute approximate surface area is 314 Å². The van der Waals surface area contributed by atoms with Gasteiger partial charge < -0.3 is 9.80 Å². The van der Waals surface area contributed by atoms with Crippen LogP contribution in [-0.4, -0.2) is 23.7 Å². The fourth-order valence-electron chi connectivity index (χ4n) is 7.25. The molecule has 0 saturated heterocycles. The van der Waals surface area contributed by atoms with Crippen molar-refractivity contribution in [1.82, 2.24) is 0 Å². The summed E-state index contributed by atoms with van der Waals surface area (Å²) in [6, 6.07) is 29.0. The number of fused-ring (bicyclic) bond motifs is 4. The monoisotopic (exact) mass is 788 g/mol. The van der Waals surface area contributed by atoms with Gasteiger partial charge in [-0.05, 0) is 49.9 Å². The molecule has 0 atom stereocenters. The lowest BCUT2D eigenvalue weighted by Crippen LogP contribution is -2.28. The number of hydrogen-bond donors (Lipinski definition) is 0. The van der Waals surface area contributed by atoms with Crippen LogP contribution in [0.3, 0.4) is 0 Å². The lowest BCUT2D eigenvalue weighted by atomic mass is 9.81. The molecule has 2 aliphatic rings. The third-order valence-electron chi connectivity index (χ3n) is 9.64. The number of anilines is 4. The SMILES string of the molecule is N#CC(C#N)=C1c2ccccc2N(CCCCCCCCBr)c2cc3c(cc21)N(CCCCCCCCBr)c1ccccc1C3=C(C#N)C#N. The minimum atomic E-state index is 0.0711. The maximum absolute atomic E-state index is 10.2. The van der Waals surface area contributed by atoms with Gasteiger partial charge >= 0.3 is 0 Å². The number of benzene rings is 3. The molecular weight excluding hydrogens is 748 g/mol. The number of para-hydroxylation sites is 2. The molecule has 0 saturated carbocycles. The van der Waals surface area contributed by atoms with Gasteiger partial charge in [0.25, 0.3) is 0 Å². The second kappa shape index (κ2) is 18.6. The summed E-state index contributed by atoms with van der Waals surface area (Å²) in [5.41, 5.74) is 8.48. The number of alkyl halides is 2. The van der Waals surface area contributed by atoms with E-state index in [0.29, 0.717) is 11.1 Å². The fourth-order valence-corrected chi connectivity index (χ4v) is 8.04. The summed E-state index contributed by atoms with van der Waals surface area (Å²) in [6.07, 6.45) is 13.7. The molecule has 5 rings (SSSR count). The first kappa shape index (κ1) is 36.9. The Morgan fingerprint density at radius 2 is 0.780 bits per heavy atom. The van der Waals surface area contributed by atoms with E-state index >= 15 is 0 Å². The van der Waals surface area contributed by atoms with Gasteiger partial charge in [0, 0.05) is 79.9 Å². The van der Waals surface area contributed by atoms with Crippen molar-refractivity contribution in [3.05, 3.63) is 94.1 Å². The Balaban J connectivity index is 1.66. The topological polar surface area (TPSA) is 102 Å². The Morgan fingerprint density at radius 3 is 1.14 bits per heavy atom. The average molecular weight is 791 g/mol. The number of rotatable bonds is 16. The molecule has 0 radical (unpaired) electrons. The normalized spacial score (nSPS) is 12.4. The summed E-state index contributed by atoms with van der Waals surface area (Å²) in [6.45, 7) is 1.53. The third-order valence-corrected chi connectivity index (χ3v) is 10.8. The second-order valence-corrected chi connectivity index (χ2v) is 14.4. The van der Waals surface area contributed by atoms with Crippen LogP contribution in [0.1, 0.15) is 99.3 Å². The van der Waals surface area contributed by atoms with Gasteiger partial charge in [0.2, 0.25) is 0 Å². The highest BCUT2D eigenvalue weighted by Crippen LogP contribution is 2.53. The van der Waals surface area contributed by atoms with E-state index in [4.69, 9.17) is 0 Å². The van der Waals surface area contributed by atoms with Crippen molar-refractivity contribution in [2.45, 2.75) is 77.0 Å². The van der Waals surface area contributed by atoms with Crippen LogP contribution >= 0.6 is 31.9 Å². The first-order chi connectivity index (χ1) is 24.6. The molecule has 3 aromatic rings. The summed E-state index contributed by atoms with van der Waals surface area (Å²) in [7, 11) is 0. The molecule has 0 bridgehead atoms. The minimum absolute atomic E-state index is 0.0711. The first-order valence-electron chi connectivity index (χ1n) is 17.8. The van der Waals surface area contributed by atoms with E-state index in [1.54, 1.807) is 0 Å². The average Bonchev–Trinajstić information content (AvgIpc) is 3.15. The van der Waals surface area contributed by atoms with Crippen molar-refractivity contribution in [3.8, 4) is 24.3 Å². The Bertz CT molecular complexity index is 1740. The third kappa shape index (κ3) is 8.00. The predicted molar refractivity (Wildman–Crippen MR) is 211 cm³/mol. The molecule has 0 spiro atoms. The van der Waals surface area contributed by atoms with Gasteiger partial charge in [0.1, 0.15) is 35.4 Å². The predicted octanol–water partition coefficient (Wildman–Crippen LogP) is 11.8. The van der Waals surface area contributed by atoms with Gasteiger partial charge in [-0.1, -0.05) is 120 Å². The molecule has 0 aliphatic carbocycles. The second-order valence-electron chi connectivity index (χ2n) is 12.8. The van der Waals surface area contributed by atoms with E-state index in [0.717, 1.165) is 94.4 Å². The maximum Gasteiger partial charge on any atom is 0.138 e. The number of allylic oxidation sites excluding steroid dienone is 2. The van der Waals surface area contributed by atoms with Gasteiger partial charge in [0.15, 0.2) is 0 Å². The van der Waals surface area contributed by atoms with Gasteiger partial charge in [-0.3, -0.25) is 0 Å². The molecule has 50 heavy (non-hydrogen) atoms. The van der Waals surface area contributed by atoms with Gasteiger partial charge in [-0.15, -0.1) is 0 Å². The van der Waals surface area contributed by atoms with Crippen molar-refractivity contribution in [2.75, 3.05) is 33.5 Å². The number of halogens is 2. The van der Waals surface area contributed by atoms with Crippen molar-refractivity contribution in [2.24, 2.45) is 0 Å². The molecule has 8 heteroatoms. The highest BCUT2D eigenvalue weighted by Gasteiger charge is 2.35. The lowest BCUT2D eigenvalue weighted by molar-refractivity contribution is 0.611. The molecule has 0 N–H and O–H groups in total. The van der Waals surface area contributed by atoms with E-state index in [2.05, 4.69) is 90.2 Å². The van der Waals surface area contributed by atoms with E-state index in [-0.39, 0.29) is 11.1 Å². The summed E-state index contributed by atoms with van der Waals surface area (Å²) in [4.78, 5) is 4.63. The molecule has 0 amide bonds. The van der Waals surface area contributed by atoms with E-state index < -0.39 is 0 Å². The molecule has 3 aromatic carbocycles. The number of nitriles is 4. The molecule has 254 valence electrons. The molecule has 2 heterocycles. The quantitative estimate of drug-likeness (QED) is 0.0813. The van der Waals surface area contributed by atoms with Crippen LogP contribution in [0.15, 0.2) is 71.8 Å². The van der Waals surface area contributed by atoms with Crippen LogP contribution < -0.4 is 9.80 Å². The summed E-state index contributed by atoms with van der Waals surface area (Å²) in [5.74, 6) is 0. The minimum Gasteiger partial charge on any atom is -0.340 e. The highest BCUT2D eigenvalue weighted by molar-refractivity contribution is 9.09. The van der Waals surface area contributed by atoms with Crippen LogP contribution in [0.5, 0.6) is 0 Å². The Morgan fingerprint density at radius 1 is 0.440 bits per heavy atom.